The standard InChI is InChI=1S/C7H11NO6/c1-4(9)13-14-7(12)5(8)2-3-6(10)11/h5H,2-3,8H2,1H3,(H,10,11)/t5-/m1/s1. The molecule has 0 radical (unpaired) electrons. The van der Waals surface area contributed by atoms with E-state index in [0.717, 1.165) is 6.92 Å². The van der Waals surface area contributed by atoms with Crippen LogP contribution < -0.4 is 5.73 Å². The first-order chi connectivity index (χ1) is 6.43. The molecule has 0 unspecified atom stereocenters. The second-order valence-electron chi connectivity index (χ2n) is 2.52. The summed E-state index contributed by atoms with van der Waals surface area (Å²) in [4.78, 5) is 39.1. The molecule has 0 bridgehead atoms. The Balaban J connectivity index is 3.76. The van der Waals surface area contributed by atoms with E-state index in [0.29, 0.717) is 0 Å². The summed E-state index contributed by atoms with van der Waals surface area (Å²) in [6.45, 7) is 1.05. The lowest BCUT2D eigenvalue weighted by molar-refractivity contribution is -0.258. The van der Waals surface area contributed by atoms with E-state index in [-0.39, 0.29) is 12.8 Å². The maximum absolute atomic E-state index is 10.8. The number of nitrogens with two attached hydrogens (primary N) is 1. The van der Waals surface area contributed by atoms with Crippen LogP contribution in [0.1, 0.15) is 19.8 Å². The van der Waals surface area contributed by atoms with Gasteiger partial charge in [-0.3, -0.25) is 4.79 Å². The van der Waals surface area contributed by atoms with Gasteiger partial charge in [0, 0.05) is 13.3 Å². The van der Waals surface area contributed by atoms with Gasteiger partial charge >= 0.3 is 17.9 Å². The highest BCUT2D eigenvalue weighted by Crippen LogP contribution is 1.97. The molecule has 7 heteroatoms. The second-order valence-corrected chi connectivity index (χ2v) is 2.52. The van der Waals surface area contributed by atoms with Crippen LogP contribution in [0.5, 0.6) is 0 Å². The van der Waals surface area contributed by atoms with Crippen LogP contribution in [0.4, 0.5) is 0 Å². The fourth-order valence-corrected chi connectivity index (χ4v) is 0.558. The number of aliphatic carboxylic acids is 1. The molecule has 0 aromatic rings. The molecule has 7 nitrogen and oxygen atoms in total. The lowest BCUT2D eigenvalue weighted by Gasteiger charge is -2.06. The summed E-state index contributed by atoms with van der Waals surface area (Å²) in [6, 6.07) is -1.11. The molecule has 0 saturated carbocycles. The zero-order chi connectivity index (χ0) is 11.1. The van der Waals surface area contributed by atoms with Crippen LogP contribution in [0.3, 0.4) is 0 Å². The number of hydrogen-bond acceptors (Lipinski definition) is 6. The Hall–Kier alpha value is -1.63. The van der Waals surface area contributed by atoms with E-state index in [9.17, 15) is 14.4 Å². The Bertz CT molecular complexity index is 238. The molecule has 0 aliphatic carbocycles. The molecule has 0 aliphatic heterocycles. The molecule has 0 amide bonds. The van der Waals surface area contributed by atoms with Gasteiger partial charge in [-0.2, -0.15) is 0 Å². The van der Waals surface area contributed by atoms with Crippen molar-refractivity contribution in [3.8, 4) is 0 Å². The van der Waals surface area contributed by atoms with E-state index in [1.54, 1.807) is 0 Å². The van der Waals surface area contributed by atoms with Gasteiger partial charge < -0.3 is 10.8 Å². The normalized spacial score (nSPS) is 11.6. The Morgan fingerprint density at radius 1 is 1.36 bits per heavy atom. The summed E-state index contributed by atoms with van der Waals surface area (Å²) >= 11 is 0. The van der Waals surface area contributed by atoms with E-state index < -0.39 is 23.9 Å². The van der Waals surface area contributed by atoms with E-state index in [1.807, 2.05) is 0 Å². The molecule has 3 N–H and O–H groups in total. The first-order valence-corrected chi connectivity index (χ1v) is 3.79. The van der Waals surface area contributed by atoms with Crippen LogP contribution in [0.2, 0.25) is 0 Å². The quantitative estimate of drug-likeness (QED) is 0.455. The summed E-state index contributed by atoms with van der Waals surface area (Å²) in [5, 5.41) is 8.27. The van der Waals surface area contributed by atoms with Gasteiger partial charge in [-0.1, -0.05) is 0 Å². The molecule has 0 fully saturated rings. The van der Waals surface area contributed by atoms with Gasteiger partial charge in [0.05, 0.1) is 0 Å². The largest absolute Gasteiger partial charge is 0.481 e. The van der Waals surface area contributed by atoms with E-state index >= 15 is 0 Å². The van der Waals surface area contributed by atoms with Crippen molar-refractivity contribution in [2.45, 2.75) is 25.8 Å². The Morgan fingerprint density at radius 2 is 1.93 bits per heavy atom. The van der Waals surface area contributed by atoms with Crippen molar-refractivity contribution in [1.82, 2.24) is 0 Å². The van der Waals surface area contributed by atoms with Gasteiger partial charge in [0.15, 0.2) is 0 Å². The average molecular weight is 205 g/mol. The van der Waals surface area contributed by atoms with Crippen molar-refractivity contribution < 1.29 is 29.3 Å². The third-order valence-corrected chi connectivity index (χ3v) is 1.21. The van der Waals surface area contributed by atoms with Crippen molar-refractivity contribution in [3.05, 3.63) is 0 Å². The Labute approximate surface area is 79.7 Å². The number of hydrogen-bond donors (Lipinski definition) is 2. The number of carbonyl (C=O) groups excluding carboxylic acids is 2. The third-order valence-electron chi connectivity index (χ3n) is 1.21. The van der Waals surface area contributed by atoms with Crippen molar-refractivity contribution in [3.63, 3.8) is 0 Å². The van der Waals surface area contributed by atoms with E-state index in [1.165, 1.54) is 0 Å². The van der Waals surface area contributed by atoms with Gasteiger partial charge in [-0.25, -0.2) is 19.4 Å². The molecule has 14 heavy (non-hydrogen) atoms. The third kappa shape index (κ3) is 5.95. The average Bonchev–Trinajstić information content (AvgIpc) is 2.09. The van der Waals surface area contributed by atoms with Gasteiger partial charge in [-0.05, 0) is 6.42 Å². The highest BCUT2D eigenvalue weighted by Gasteiger charge is 2.18. The molecule has 0 heterocycles. The first-order valence-electron chi connectivity index (χ1n) is 3.79. The highest BCUT2D eigenvalue weighted by molar-refractivity contribution is 5.77. The van der Waals surface area contributed by atoms with Crippen LogP contribution in [0, 0.1) is 0 Å². The van der Waals surface area contributed by atoms with Gasteiger partial charge in [-0.15, -0.1) is 0 Å². The van der Waals surface area contributed by atoms with E-state index in [2.05, 4.69) is 9.78 Å². The fraction of sp³-hybridized carbons (Fsp3) is 0.571. The number of carbonyl (C=O) groups is 3. The van der Waals surface area contributed by atoms with E-state index in [4.69, 9.17) is 10.8 Å². The minimum absolute atomic E-state index is 0.0740. The van der Waals surface area contributed by atoms with Crippen LogP contribution in [0.25, 0.3) is 0 Å². The van der Waals surface area contributed by atoms with Crippen LogP contribution >= 0.6 is 0 Å². The molecule has 0 aliphatic rings. The smallest absolute Gasteiger partial charge is 0.372 e. The SMILES string of the molecule is CC(=O)OOC(=O)[C@H](N)CCC(=O)O. The summed E-state index contributed by atoms with van der Waals surface area (Å²) in [5.74, 6) is -2.83. The van der Waals surface area contributed by atoms with Crippen LogP contribution in [-0.2, 0) is 24.2 Å². The molecular formula is C7H11NO6. The Morgan fingerprint density at radius 3 is 2.36 bits per heavy atom. The minimum atomic E-state index is -1.11. The lowest BCUT2D eigenvalue weighted by Crippen LogP contribution is -2.33. The molecule has 80 valence electrons. The summed E-state index contributed by atoms with van der Waals surface area (Å²) in [7, 11) is 0. The zero-order valence-electron chi connectivity index (χ0n) is 7.56. The monoisotopic (exact) mass is 205 g/mol. The molecule has 0 aromatic heterocycles. The second kappa shape index (κ2) is 5.92. The van der Waals surface area contributed by atoms with Crippen molar-refractivity contribution in [2.24, 2.45) is 5.73 Å². The minimum Gasteiger partial charge on any atom is -0.481 e. The first kappa shape index (κ1) is 12.4. The van der Waals surface area contributed by atoms with Crippen molar-refractivity contribution in [2.75, 3.05) is 0 Å². The van der Waals surface area contributed by atoms with Crippen LogP contribution in [-0.4, -0.2) is 29.1 Å². The summed E-state index contributed by atoms with van der Waals surface area (Å²) in [6.07, 6.45) is -0.328. The van der Waals surface area contributed by atoms with Gasteiger partial charge in [0.1, 0.15) is 6.04 Å². The molecule has 0 rings (SSSR count). The number of rotatable bonds is 4. The van der Waals surface area contributed by atoms with Gasteiger partial charge in [0.2, 0.25) is 0 Å². The fourth-order valence-electron chi connectivity index (χ4n) is 0.558. The predicted octanol–water partition coefficient (Wildman–Crippen LogP) is -0.800. The molecule has 0 aromatic carbocycles. The number of carboxylic acid groups (broad SMARTS) is 1. The maximum atomic E-state index is 10.8. The van der Waals surface area contributed by atoms with Crippen molar-refractivity contribution in [1.29, 1.82) is 0 Å². The van der Waals surface area contributed by atoms with Gasteiger partial charge in [0.25, 0.3) is 0 Å². The zero-order valence-corrected chi connectivity index (χ0v) is 7.56. The molecule has 0 spiro atoms. The topological polar surface area (TPSA) is 116 Å². The maximum Gasteiger partial charge on any atom is 0.372 e. The van der Waals surface area contributed by atoms with Crippen LogP contribution in [0.15, 0.2) is 0 Å². The molecular weight excluding hydrogens is 194 g/mol. The number of carboxylic acids is 1. The summed E-state index contributed by atoms with van der Waals surface area (Å²) in [5.41, 5.74) is 5.22. The highest BCUT2D eigenvalue weighted by atomic mass is 17.2. The molecule has 1 atom stereocenters. The van der Waals surface area contributed by atoms with Crippen molar-refractivity contribution >= 4 is 17.9 Å². The lowest BCUT2D eigenvalue weighted by atomic mass is 10.2. The Kier molecular flexibility index (Phi) is 5.23. The predicted molar refractivity (Wildman–Crippen MR) is 42.7 cm³/mol. The molecule has 0 saturated heterocycles. The summed E-state index contributed by atoms with van der Waals surface area (Å²) < 4.78 is 0.